The summed E-state index contributed by atoms with van der Waals surface area (Å²) in [5.41, 5.74) is 3.53. The Labute approximate surface area is 112 Å². The molecule has 2 aromatic rings. The van der Waals surface area contributed by atoms with E-state index in [2.05, 4.69) is 12.6 Å². The Kier molecular flexibility index (Phi) is 2.49. The second-order valence-corrected chi connectivity index (χ2v) is 5.59. The second kappa shape index (κ2) is 3.95. The number of ketones is 1. The lowest BCUT2D eigenvalue weighted by Gasteiger charge is -2.26. The van der Waals surface area contributed by atoms with Gasteiger partial charge >= 0.3 is 0 Å². The van der Waals surface area contributed by atoms with E-state index < -0.39 is 0 Å². The smallest absolute Gasteiger partial charge is 0.164 e. The van der Waals surface area contributed by atoms with Crippen LogP contribution in [-0.2, 0) is 11.2 Å². The second-order valence-electron chi connectivity index (χ2n) is 5.59. The number of fused-ring (bicyclic) bond motifs is 2. The van der Waals surface area contributed by atoms with Crippen molar-refractivity contribution >= 4 is 22.8 Å². The molecule has 19 heavy (non-hydrogen) atoms. The lowest BCUT2D eigenvalue weighted by molar-refractivity contribution is -0.115. The van der Waals surface area contributed by atoms with Crippen LogP contribution in [0, 0.1) is 5.41 Å². The summed E-state index contributed by atoms with van der Waals surface area (Å²) >= 11 is 0. The Morgan fingerprint density at radius 2 is 2.16 bits per heavy atom. The normalized spacial score (nSPS) is 15.3. The quantitative estimate of drug-likeness (QED) is 0.751. The Balaban J connectivity index is 2.20. The van der Waals surface area contributed by atoms with Crippen molar-refractivity contribution in [1.82, 2.24) is 0 Å². The fourth-order valence-corrected chi connectivity index (χ4v) is 2.52. The van der Waals surface area contributed by atoms with E-state index in [4.69, 9.17) is 4.42 Å². The standard InChI is InChI=1S/C17H16O2/c1-4-17(2,3)14-8-12-7-11-5-6-19-16(11)10-13(12)9-15(14)18/h4-8,10H,1,9H2,2-3H3. The summed E-state index contributed by atoms with van der Waals surface area (Å²) in [5.74, 6) is 0.170. The molecule has 1 aliphatic carbocycles. The van der Waals surface area contributed by atoms with Crippen molar-refractivity contribution in [3.63, 3.8) is 0 Å². The molecule has 0 saturated carbocycles. The van der Waals surface area contributed by atoms with Gasteiger partial charge in [0.05, 0.1) is 6.26 Å². The van der Waals surface area contributed by atoms with Crippen LogP contribution in [0.5, 0.6) is 0 Å². The summed E-state index contributed by atoms with van der Waals surface area (Å²) in [6.07, 6.45) is 5.94. The average molecular weight is 252 g/mol. The molecule has 1 heterocycles. The maximum absolute atomic E-state index is 12.3. The van der Waals surface area contributed by atoms with Crippen molar-refractivity contribution in [3.8, 4) is 0 Å². The molecule has 0 fully saturated rings. The van der Waals surface area contributed by atoms with Gasteiger partial charge in [0.1, 0.15) is 5.58 Å². The third-order valence-corrected chi connectivity index (χ3v) is 3.87. The first-order valence-electron chi connectivity index (χ1n) is 6.40. The molecule has 2 nitrogen and oxygen atoms in total. The minimum atomic E-state index is -0.292. The van der Waals surface area contributed by atoms with Crippen LogP contribution in [0.15, 0.2) is 47.1 Å². The van der Waals surface area contributed by atoms with E-state index in [9.17, 15) is 4.79 Å². The Bertz CT molecular complexity index is 714. The SMILES string of the molecule is C=CC(C)(C)C1=Cc2cc3ccoc3cc2CC1=O. The molecule has 0 amide bonds. The van der Waals surface area contributed by atoms with E-state index in [0.717, 1.165) is 27.7 Å². The van der Waals surface area contributed by atoms with Gasteiger partial charge in [-0.25, -0.2) is 0 Å². The van der Waals surface area contributed by atoms with Gasteiger partial charge in [-0.05, 0) is 35.4 Å². The van der Waals surface area contributed by atoms with Gasteiger partial charge in [0, 0.05) is 22.8 Å². The number of benzene rings is 1. The van der Waals surface area contributed by atoms with Crippen LogP contribution in [0.2, 0.25) is 0 Å². The molecule has 2 heteroatoms. The zero-order chi connectivity index (χ0) is 13.6. The van der Waals surface area contributed by atoms with Gasteiger partial charge in [-0.1, -0.05) is 19.9 Å². The lowest BCUT2D eigenvalue weighted by Crippen LogP contribution is -2.23. The highest BCUT2D eigenvalue weighted by Crippen LogP contribution is 2.36. The molecule has 0 aliphatic heterocycles. The number of furan rings is 1. The van der Waals surface area contributed by atoms with E-state index in [-0.39, 0.29) is 11.2 Å². The lowest BCUT2D eigenvalue weighted by atomic mass is 9.76. The summed E-state index contributed by atoms with van der Waals surface area (Å²) < 4.78 is 5.39. The maximum atomic E-state index is 12.3. The summed E-state index contributed by atoms with van der Waals surface area (Å²) in [6, 6.07) is 5.99. The molecule has 0 spiro atoms. The predicted octanol–water partition coefficient (Wildman–Crippen LogP) is 4.15. The van der Waals surface area contributed by atoms with Crippen LogP contribution >= 0.6 is 0 Å². The largest absolute Gasteiger partial charge is 0.464 e. The number of carbonyl (C=O) groups is 1. The average Bonchev–Trinajstić information content (AvgIpc) is 2.82. The summed E-state index contributed by atoms with van der Waals surface area (Å²) in [7, 11) is 0. The van der Waals surface area contributed by atoms with Gasteiger partial charge in [-0.3, -0.25) is 4.79 Å². The molecule has 1 aromatic heterocycles. The minimum absolute atomic E-state index is 0.170. The Morgan fingerprint density at radius 1 is 1.37 bits per heavy atom. The van der Waals surface area contributed by atoms with Crippen molar-refractivity contribution in [3.05, 3.63) is 53.8 Å². The van der Waals surface area contributed by atoms with Gasteiger partial charge in [0.2, 0.25) is 0 Å². The third-order valence-electron chi connectivity index (χ3n) is 3.87. The van der Waals surface area contributed by atoms with E-state index in [1.807, 2.05) is 38.1 Å². The first-order chi connectivity index (χ1) is 9.01. The molecule has 0 N–H and O–H groups in total. The van der Waals surface area contributed by atoms with Gasteiger partial charge in [-0.15, -0.1) is 6.58 Å². The van der Waals surface area contributed by atoms with Crippen molar-refractivity contribution in [2.24, 2.45) is 5.41 Å². The fraction of sp³-hybridized carbons (Fsp3) is 0.235. The number of hydrogen-bond acceptors (Lipinski definition) is 2. The highest BCUT2D eigenvalue weighted by Gasteiger charge is 2.29. The van der Waals surface area contributed by atoms with E-state index in [1.165, 1.54) is 0 Å². The molecular formula is C17H16O2. The number of Topliss-reactive ketones (excluding diaryl/α,β-unsaturated/α-hetero) is 1. The summed E-state index contributed by atoms with van der Waals surface area (Å²) in [4.78, 5) is 12.3. The van der Waals surface area contributed by atoms with Crippen LogP contribution in [0.4, 0.5) is 0 Å². The van der Waals surface area contributed by atoms with Crippen LogP contribution in [0.3, 0.4) is 0 Å². The highest BCUT2D eigenvalue weighted by atomic mass is 16.3. The molecule has 0 unspecified atom stereocenters. The zero-order valence-corrected chi connectivity index (χ0v) is 11.2. The van der Waals surface area contributed by atoms with Gasteiger partial charge < -0.3 is 4.42 Å². The molecule has 0 bridgehead atoms. The zero-order valence-electron chi connectivity index (χ0n) is 11.2. The number of carbonyl (C=O) groups excluding carboxylic acids is 1. The van der Waals surface area contributed by atoms with Crippen molar-refractivity contribution in [2.75, 3.05) is 0 Å². The topological polar surface area (TPSA) is 30.2 Å². The molecule has 1 aromatic carbocycles. The van der Waals surface area contributed by atoms with Crippen LogP contribution in [0.25, 0.3) is 17.0 Å². The molecule has 96 valence electrons. The van der Waals surface area contributed by atoms with Crippen LogP contribution in [-0.4, -0.2) is 5.78 Å². The fourth-order valence-electron chi connectivity index (χ4n) is 2.52. The molecule has 1 aliphatic rings. The van der Waals surface area contributed by atoms with Crippen molar-refractivity contribution < 1.29 is 9.21 Å². The number of allylic oxidation sites excluding steroid dienone is 2. The number of hydrogen-bond donors (Lipinski definition) is 0. The maximum Gasteiger partial charge on any atom is 0.164 e. The van der Waals surface area contributed by atoms with E-state index >= 15 is 0 Å². The molecule has 0 saturated heterocycles. The van der Waals surface area contributed by atoms with Crippen LogP contribution in [0.1, 0.15) is 25.0 Å². The minimum Gasteiger partial charge on any atom is -0.464 e. The molecule has 3 rings (SSSR count). The van der Waals surface area contributed by atoms with Crippen LogP contribution < -0.4 is 0 Å². The van der Waals surface area contributed by atoms with E-state index in [0.29, 0.717) is 6.42 Å². The van der Waals surface area contributed by atoms with E-state index in [1.54, 1.807) is 6.26 Å². The third kappa shape index (κ3) is 1.84. The molecular weight excluding hydrogens is 236 g/mol. The van der Waals surface area contributed by atoms with Gasteiger partial charge in [0.25, 0.3) is 0 Å². The first-order valence-corrected chi connectivity index (χ1v) is 6.40. The highest BCUT2D eigenvalue weighted by molar-refractivity contribution is 6.06. The number of rotatable bonds is 2. The Morgan fingerprint density at radius 3 is 2.89 bits per heavy atom. The Hall–Kier alpha value is -2.09. The van der Waals surface area contributed by atoms with Crippen molar-refractivity contribution in [1.29, 1.82) is 0 Å². The summed E-state index contributed by atoms with van der Waals surface area (Å²) in [6.45, 7) is 7.87. The molecule has 0 atom stereocenters. The molecule has 0 radical (unpaired) electrons. The monoisotopic (exact) mass is 252 g/mol. The summed E-state index contributed by atoms with van der Waals surface area (Å²) in [5, 5.41) is 1.07. The predicted molar refractivity (Wildman–Crippen MR) is 76.9 cm³/mol. The first kappa shape index (κ1) is 12.0. The van der Waals surface area contributed by atoms with Gasteiger partial charge in [0.15, 0.2) is 5.78 Å². The van der Waals surface area contributed by atoms with Gasteiger partial charge in [-0.2, -0.15) is 0 Å². The van der Waals surface area contributed by atoms with Crippen molar-refractivity contribution in [2.45, 2.75) is 20.3 Å².